The van der Waals surface area contributed by atoms with Crippen molar-refractivity contribution in [3.63, 3.8) is 0 Å². The SMILES string of the molecule is COc1ccccc1S(=O)(=O)Nc1ccc2nc(SC)sc2c1. The number of anilines is 1. The number of benzene rings is 2. The van der Waals surface area contributed by atoms with E-state index < -0.39 is 10.0 Å². The molecule has 1 N–H and O–H groups in total. The van der Waals surface area contributed by atoms with E-state index in [1.54, 1.807) is 42.1 Å². The van der Waals surface area contributed by atoms with Gasteiger partial charge in [0.15, 0.2) is 4.34 Å². The highest BCUT2D eigenvalue weighted by Gasteiger charge is 2.19. The Morgan fingerprint density at radius 2 is 2.00 bits per heavy atom. The van der Waals surface area contributed by atoms with Gasteiger partial charge in [-0.3, -0.25) is 4.72 Å². The number of nitrogens with zero attached hydrogens (tertiary/aromatic N) is 1. The van der Waals surface area contributed by atoms with Gasteiger partial charge in [-0.1, -0.05) is 23.9 Å². The van der Waals surface area contributed by atoms with Gasteiger partial charge >= 0.3 is 0 Å². The summed E-state index contributed by atoms with van der Waals surface area (Å²) < 4.78 is 34.8. The summed E-state index contributed by atoms with van der Waals surface area (Å²) in [6, 6.07) is 11.8. The molecule has 1 aromatic heterocycles. The second kappa shape index (κ2) is 6.38. The van der Waals surface area contributed by atoms with Gasteiger partial charge in [0.05, 0.1) is 23.0 Å². The van der Waals surface area contributed by atoms with Gasteiger partial charge in [0.1, 0.15) is 10.6 Å². The zero-order valence-electron chi connectivity index (χ0n) is 12.4. The van der Waals surface area contributed by atoms with E-state index in [1.165, 1.54) is 24.5 Å². The average Bonchev–Trinajstić information content (AvgIpc) is 2.96. The fourth-order valence-corrected chi connectivity index (χ4v) is 4.85. The van der Waals surface area contributed by atoms with E-state index in [-0.39, 0.29) is 4.90 Å². The lowest BCUT2D eigenvalue weighted by Gasteiger charge is -2.11. The smallest absolute Gasteiger partial charge is 0.265 e. The monoisotopic (exact) mass is 366 g/mol. The molecule has 0 amide bonds. The number of methoxy groups -OCH3 is 1. The van der Waals surface area contributed by atoms with Crippen LogP contribution in [-0.4, -0.2) is 26.8 Å². The van der Waals surface area contributed by atoms with Gasteiger partial charge in [0, 0.05) is 0 Å². The molecule has 0 radical (unpaired) electrons. The third-order valence-corrected chi connectivity index (χ3v) is 6.58. The van der Waals surface area contributed by atoms with Crippen LogP contribution in [0.1, 0.15) is 0 Å². The predicted molar refractivity (Wildman–Crippen MR) is 95.2 cm³/mol. The molecule has 120 valence electrons. The Kier molecular flexibility index (Phi) is 4.47. The largest absolute Gasteiger partial charge is 0.495 e. The first-order chi connectivity index (χ1) is 11.0. The molecule has 3 rings (SSSR count). The number of sulfonamides is 1. The van der Waals surface area contributed by atoms with E-state index in [9.17, 15) is 8.42 Å². The molecular formula is C15H14N2O3S3. The number of hydrogen-bond donors (Lipinski definition) is 1. The minimum absolute atomic E-state index is 0.108. The zero-order valence-corrected chi connectivity index (χ0v) is 14.9. The summed E-state index contributed by atoms with van der Waals surface area (Å²) in [4.78, 5) is 4.55. The Hall–Kier alpha value is -1.77. The van der Waals surface area contributed by atoms with Crippen molar-refractivity contribution >= 4 is 49.0 Å². The van der Waals surface area contributed by atoms with Gasteiger partial charge in [-0.05, 0) is 36.6 Å². The molecule has 0 spiro atoms. The van der Waals surface area contributed by atoms with E-state index in [0.717, 1.165) is 14.6 Å². The first-order valence-corrected chi connectivity index (χ1v) is 10.2. The summed E-state index contributed by atoms with van der Waals surface area (Å²) in [7, 11) is -2.27. The van der Waals surface area contributed by atoms with Gasteiger partial charge in [-0.25, -0.2) is 13.4 Å². The molecule has 0 bridgehead atoms. The first kappa shape index (κ1) is 16.1. The van der Waals surface area contributed by atoms with E-state index in [4.69, 9.17) is 4.74 Å². The van der Waals surface area contributed by atoms with Crippen LogP contribution in [0.3, 0.4) is 0 Å². The van der Waals surface area contributed by atoms with Crippen molar-refractivity contribution in [1.82, 2.24) is 4.98 Å². The second-order valence-corrected chi connectivity index (χ2v) is 8.36. The van der Waals surface area contributed by atoms with Crippen LogP contribution in [0.2, 0.25) is 0 Å². The first-order valence-electron chi connectivity index (χ1n) is 6.64. The van der Waals surface area contributed by atoms with Gasteiger partial charge in [0.2, 0.25) is 0 Å². The number of thioether (sulfide) groups is 1. The number of ether oxygens (including phenoxy) is 1. The highest BCUT2D eigenvalue weighted by Crippen LogP contribution is 2.31. The number of para-hydroxylation sites is 1. The summed E-state index contributed by atoms with van der Waals surface area (Å²) in [5.74, 6) is 0.309. The van der Waals surface area contributed by atoms with Crippen LogP contribution in [0.15, 0.2) is 51.7 Å². The highest BCUT2D eigenvalue weighted by molar-refractivity contribution is 8.00. The van der Waals surface area contributed by atoms with Crippen LogP contribution in [0, 0.1) is 0 Å². The Morgan fingerprint density at radius 3 is 2.74 bits per heavy atom. The molecule has 0 unspecified atom stereocenters. The molecule has 5 nitrogen and oxygen atoms in total. The molecule has 3 aromatic rings. The van der Waals surface area contributed by atoms with Crippen molar-refractivity contribution in [2.24, 2.45) is 0 Å². The summed E-state index contributed by atoms with van der Waals surface area (Å²) >= 11 is 3.10. The molecule has 2 aromatic carbocycles. The summed E-state index contributed by atoms with van der Waals surface area (Å²) in [6.45, 7) is 0. The van der Waals surface area contributed by atoms with E-state index >= 15 is 0 Å². The molecule has 0 aliphatic rings. The molecular weight excluding hydrogens is 352 g/mol. The highest BCUT2D eigenvalue weighted by atomic mass is 32.2. The van der Waals surface area contributed by atoms with E-state index in [0.29, 0.717) is 11.4 Å². The maximum atomic E-state index is 12.6. The zero-order chi connectivity index (χ0) is 16.4. The van der Waals surface area contributed by atoms with Crippen LogP contribution < -0.4 is 9.46 Å². The Labute approximate surface area is 142 Å². The number of aromatic nitrogens is 1. The number of fused-ring (bicyclic) bond motifs is 1. The molecule has 0 atom stereocenters. The van der Waals surface area contributed by atoms with Gasteiger partial charge in [0.25, 0.3) is 10.0 Å². The third-order valence-electron chi connectivity index (χ3n) is 3.15. The molecule has 0 saturated heterocycles. The number of nitrogens with one attached hydrogen (secondary N) is 1. The molecule has 23 heavy (non-hydrogen) atoms. The summed E-state index contributed by atoms with van der Waals surface area (Å²) in [5, 5.41) is 0. The van der Waals surface area contributed by atoms with Crippen LogP contribution >= 0.6 is 23.1 Å². The molecule has 0 aliphatic carbocycles. The van der Waals surface area contributed by atoms with Gasteiger partial charge < -0.3 is 4.74 Å². The molecule has 0 fully saturated rings. The summed E-state index contributed by atoms with van der Waals surface area (Å²) in [6.07, 6.45) is 1.96. The van der Waals surface area contributed by atoms with Crippen molar-refractivity contribution in [2.45, 2.75) is 9.24 Å². The minimum atomic E-state index is -3.72. The lowest BCUT2D eigenvalue weighted by Crippen LogP contribution is -2.13. The van der Waals surface area contributed by atoms with Crippen molar-refractivity contribution in [1.29, 1.82) is 0 Å². The molecule has 1 heterocycles. The number of rotatable bonds is 5. The lowest BCUT2D eigenvalue weighted by atomic mass is 10.3. The maximum absolute atomic E-state index is 12.6. The Balaban J connectivity index is 1.96. The lowest BCUT2D eigenvalue weighted by molar-refractivity contribution is 0.403. The fraction of sp³-hybridized carbons (Fsp3) is 0.133. The van der Waals surface area contributed by atoms with Crippen molar-refractivity contribution in [3.8, 4) is 5.75 Å². The predicted octanol–water partition coefficient (Wildman–Crippen LogP) is 3.83. The maximum Gasteiger partial charge on any atom is 0.265 e. The van der Waals surface area contributed by atoms with Crippen LogP contribution in [0.4, 0.5) is 5.69 Å². The van der Waals surface area contributed by atoms with E-state index in [1.807, 2.05) is 12.3 Å². The second-order valence-electron chi connectivity index (χ2n) is 4.62. The van der Waals surface area contributed by atoms with Crippen molar-refractivity contribution in [2.75, 3.05) is 18.1 Å². The van der Waals surface area contributed by atoms with Crippen LogP contribution in [0.25, 0.3) is 10.2 Å². The Morgan fingerprint density at radius 1 is 1.22 bits per heavy atom. The van der Waals surface area contributed by atoms with Gasteiger partial charge in [-0.2, -0.15) is 0 Å². The van der Waals surface area contributed by atoms with Gasteiger partial charge in [-0.15, -0.1) is 11.3 Å². The minimum Gasteiger partial charge on any atom is -0.495 e. The van der Waals surface area contributed by atoms with Crippen LogP contribution in [0.5, 0.6) is 5.75 Å². The standard InChI is InChI=1S/C15H14N2O3S3/c1-20-12-5-3-4-6-14(12)23(18,19)17-10-7-8-11-13(9-10)22-15(16-11)21-2/h3-9,17H,1-2H3. The number of thiazole rings is 1. The quantitative estimate of drug-likeness (QED) is 0.695. The van der Waals surface area contributed by atoms with Crippen molar-refractivity contribution < 1.29 is 13.2 Å². The normalized spacial score (nSPS) is 11.6. The number of hydrogen-bond acceptors (Lipinski definition) is 6. The molecule has 0 saturated carbocycles. The fourth-order valence-electron chi connectivity index (χ4n) is 2.11. The van der Waals surface area contributed by atoms with Crippen LogP contribution in [-0.2, 0) is 10.0 Å². The third kappa shape index (κ3) is 3.29. The average molecular weight is 366 g/mol. The van der Waals surface area contributed by atoms with E-state index in [2.05, 4.69) is 9.71 Å². The van der Waals surface area contributed by atoms with Crippen molar-refractivity contribution in [3.05, 3.63) is 42.5 Å². The molecule has 8 heteroatoms. The molecule has 0 aliphatic heterocycles. The summed E-state index contributed by atoms with van der Waals surface area (Å²) in [5.41, 5.74) is 1.36. The topological polar surface area (TPSA) is 68.3 Å². The Bertz CT molecular complexity index is 952.